The molecule has 1 amide bonds. The second-order valence-electron chi connectivity index (χ2n) is 8.65. The number of hydrogen-bond acceptors (Lipinski definition) is 7. The molecule has 164 valence electrons. The van der Waals surface area contributed by atoms with Crippen LogP contribution in [0.4, 0.5) is 0 Å². The number of morpholine rings is 1. The molecular formula is C22H28N6O3. The Kier molecular flexibility index (Phi) is 5.15. The highest BCUT2D eigenvalue weighted by Crippen LogP contribution is 2.33. The summed E-state index contributed by atoms with van der Waals surface area (Å²) in [5.74, 6) is 0.971. The maximum atomic E-state index is 13.3. The number of nitrogens with zero attached hydrogens (tertiary/aromatic N) is 4. The first-order valence-electron chi connectivity index (χ1n) is 10.8. The predicted molar refractivity (Wildman–Crippen MR) is 114 cm³/mol. The van der Waals surface area contributed by atoms with Gasteiger partial charge in [-0.05, 0) is 57.0 Å². The Morgan fingerprint density at radius 1 is 1.42 bits per heavy atom. The monoisotopic (exact) mass is 424 g/mol. The molecule has 2 aliphatic heterocycles. The number of fused-ring (bicyclic) bond motifs is 2. The van der Waals surface area contributed by atoms with E-state index < -0.39 is 5.54 Å². The van der Waals surface area contributed by atoms with Gasteiger partial charge in [-0.25, -0.2) is 9.50 Å². The minimum Gasteiger partial charge on any atom is -0.490 e. The van der Waals surface area contributed by atoms with Crippen LogP contribution in [0.5, 0.6) is 0 Å². The third-order valence-corrected chi connectivity index (χ3v) is 6.52. The van der Waals surface area contributed by atoms with E-state index in [1.54, 1.807) is 29.2 Å². The quantitative estimate of drug-likeness (QED) is 0.664. The number of aliphatic hydroxyl groups is 1. The summed E-state index contributed by atoms with van der Waals surface area (Å²) in [4.78, 5) is 20.0. The maximum absolute atomic E-state index is 13.3. The molecule has 3 N–H and O–H groups in total. The molecule has 2 fully saturated rings. The van der Waals surface area contributed by atoms with E-state index in [-0.39, 0.29) is 18.6 Å². The largest absolute Gasteiger partial charge is 0.490 e. The normalized spacial score (nSPS) is 27.0. The van der Waals surface area contributed by atoms with Crippen molar-refractivity contribution in [2.45, 2.75) is 31.3 Å². The van der Waals surface area contributed by atoms with Crippen LogP contribution in [0.2, 0.25) is 0 Å². The number of aromatic nitrogens is 3. The number of piperidine rings is 1. The van der Waals surface area contributed by atoms with Crippen molar-refractivity contribution in [1.82, 2.24) is 30.1 Å². The molecule has 2 atom stereocenters. The van der Waals surface area contributed by atoms with E-state index in [1.165, 1.54) is 0 Å². The van der Waals surface area contributed by atoms with Crippen LogP contribution < -0.4 is 10.6 Å². The molecule has 2 aromatic heterocycles. The molecule has 3 aliphatic rings. The van der Waals surface area contributed by atoms with E-state index in [9.17, 15) is 9.90 Å². The van der Waals surface area contributed by atoms with Gasteiger partial charge in [0.25, 0.3) is 5.91 Å². The Bertz CT molecular complexity index is 1040. The lowest BCUT2D eigenvalue weighted by Gasteiger charge is -2.47. The van der Waals surface area contributed by atoms with E-state index in [1.807, 2.05) is 6.92 Å². The maximum Gasteiger partial charge on any atom is 0.257 e. The number of rotatable bonds is 4. The minimum atomic E-state index is -0.654. The second-order valence-corrected chi connectivity index (χ2v) is 8.65. The molecule has 9 heteroatoms. The fourth-order valence-electron chi connectivity index (χ4n) is 4.78. The first-order valence-corrected chi connectivity index (χ1v) is 10.8. The Labute approximate surface area is 180 Å². The number of ether oxygens (including phenoxy) is 1. The number of hydrogen-bond donors (Lipinski definition) is 3. The number of carbonyl (C=O) groups is 1. The van der Waals surface area contributed by atoms with Gasteiger partial charge in [0.15, 0.2) is 5.65 Å². The van der Waals surface area contributed by atoms with E-state index in [0.717, 1.165) is 43.9 Å². The standard InChI is InChI=1S/C22H28N6O3/c1-22(26-21(30)16-13-25-28-7-2-5-24-20(16)28)12-17-18(31-10-6-23-17)11-19(22)27-8-3-15(14-29)4-9-27/h2,5,7,11-13,15,19,23,29H,3-4,6,8-10,14H2,1H3,(H,26,30). The van der Waals surface area contributed by atoms with Gasteiger partial charge < -0.3 is 20.5 Å². The van der Waals surface area contributed by atoms with Crippen LogP contribution in [0.3, 0.4) is 0 Å². The molecule has 0 radical (unpaired) electrons. The summed E-state index contributed by atoms with van der Waals surface area (Å²) >= 11 is 0. The summed E-state index contributed by atoms with van der Waals surface area (Å²) in [6, 6.07) is 1.71. The van der Waals surface area contributed by atoms with Gasteiger partial charge in [-0.1, -0.05) is 0 Å². The van der Waals surface area contributed by atoms with Crippen LogP contribution in [0, 0.1) is 5.92 Å². The summed E-state index contributed by atoms with van der Waals surface area (Å²) in [5, 5.41) is 20.4. The smallest absolute Gasteiger partial charge is 0.257 e. The number of likely N-dealkylation sites (tertiary alicyclic amines) is 1. The molecule has 2 aromatic rings. The van der Waals surface area contributed by atoms with Gasteiger partial charge in [0.05, 0.1) is 23.5 Å². The van der Waals surface area contributed by atoms with Gasteiger partial charge in [0.1, 0.15) is 17.9 Å². The average molecular weight is 425 g/mol. The summed E-state index contributed by atoms with van der Waals surface area (Å²) < 4.78 is 7.50. The van der Waals surface area contributed by atoms with Crippen LogP contribution in [0.25, 0.3) is 5.65 Å². The van der Waals surface area contributed by atoms with Crippen molar-refractivity contribution < 1.29 is 14.6 Å². The number of amides is 1. The van der Waals surface area contributed by atoms with Crippen LogP contribution in [-0.2, 0) is 4.74 Å². The zero-order valence-electron chi connectivity index (χ0n) is 17.6. The molecular weight excluding hydrogens is 396 g/mol. The summed E-state index contributed by atoms with van der Waals surface area (Å²) in [7, 11) is 0. The molecule has 4 heterocycles. The summed E-state index contributed by atoms with van der Waals surface area (Å²) in [6.07, 6.45) is 11.1. The zero-order valence-corrected chi connectivity index (χ0v) is 17.6. The second kappa shape index (κ2) is 7.97. The Balaban J connectivity index is 1.45. The Hall–Kier alpha value is -2.91. The predicted octanol–water partition coefficient (Wildman–Crippen LogP) is 0.692. The third kappa shape index (κ3) is 3.68. The summed E-state index contributed by atoms with van der Waals surface area (Å²) in [6.45, 7) is 5.35. The summed E-state index contributed by atoms with van der Waals surface area (Å²) in [5.41, 5.74) is 1.23. The average Bonchev–Trinajstić information content (AvgIpc) is 3.23. The van der Waals surface area contributed by atoms with E-state index in [2.05, 4.69) is 37.8 Å². The lowest BCUT2D eigenvalue weighted by molar-refractivity contribution is 0.0714. The van der Waals surface area contributed by atoms with Crippen molar-refractivity contribution in [3.8, 4) is 0 Å². The first-order chi connectivity index (χ1) is 15.1. The molecule has 2 saturated heterocycles. The molecule has 31 heavy (non-hydrogen) atoms. The number of aliphatic hydroxyl groups excluding tert-OH is 1. The van der Waals surface area contributed by atoms with Gasteiger partial charge in [0, 0.05) is 25.5 Å². The van der Waals surface area contributed by atoms with Crippen molar-refractivity contribution in [3.05, 3.63) is 53.8 Å². The lowest BCUT2D eigenvalue weighted by Crippen LogP contribution is -2.62. The third-order valence-electron chi connectivity index (χ3n) is 6.52. The zero-order chi connectivity index (χ0) is 21.4. The van der Waals surface area contributed by atoms with E-state index >= 15 is 0 Å². The van der Waals surface area contributed by atoms with Crippen LogP contribution >= 0.6 is 0 Å². The highest BCUT2D eigenvalue weighted by molar-refractivity contribution is 6.00. The fraction of sp³-hybridized carbons (Fsp3) is 0.500. The van der Waals surface area contributed by atoms with Crippen molar-refractivity contribution >= 4 is 11.6 Å². The van der Waals surface area contributed by atoms with Gasteiger partial charge in [-0.15, -0.1) is 0 Å². The highest BCUT2D eigenvalue weighted by Gasteiger charge is 2.42. The molecule has 0 aromatic carbocycles. The van der Waals surface area contributed by atoms with Crippen LogP contribution in [-0.4, -0.2) is 74.9 Å². The fourth-order valence-corrected chi connectivity index (χ4v) is 4.78. The molecule has 0 saturated carbocycles. The van der Waals surface area contributed by atoms with E-state index in [0.29, 0.717) is 23.7 Å². The molecule has 1 aliphatic carbocycles. The van der Waals surface area contributed by atoms with Crippen molar-refractivity contribution in [1.29, 1.82) is 0 Å². The van der Waals surface area contributed by atoms with Crippen molar-refractivity contribution in [2.75, 3.05) is 32.8 Å². The van der Waals surface area contributed by atoms with Crippen molar-refractivity contribution in [3.63, 3.8) is 0 Å². The first kappa shape index (κ1) is 20.0. The Morgan fingerprint density at radius 3 is 3.06 bits per heavy atom. The van der Waals surface area contributed by atoms with Gasteiger partial charge in [-0.2, -0.15) is 5.10 Å². The number of nitrogens with one attached hydrogen (secondary N) is 2. The molecule has 2 unspecified atom stereocenters. The van der Waals surface area contributed by atoms with Gasteiger partial charge in [-0.3, -0.25) is 9.69 Å². The van der Waals surface area contributed by atoms with E-state index in [4.69, 9.17) is 4.74 Å². The highest BCUT2D eigenvalue weighted by atomic mass is 16.5. The molecule has 0 spiro atoms. The van der Waals surface area contributed by atoms with Crippen LogP contribution in [0.15, 0.2) is 48.3 Å². The van der Waals surface area contributed by atoms with Crippen molar-refractivity contribution in [2.24, 2.45) is 5.92 Å². The SMILES string of the molecule is CC1(NC(=O)c2cnn3cccnc23)C=C2NCCOC2=CC1N1CCC(CO)CC1. The topological polar surface area (TPSA) is 104 Å². The van der Waals surface area contributed by atoms with Crippen LogP contribution in [0.1, 0.15) is 30.1 Å². The number of carbonyl (C=O) groups excluding carboxylic acids is 1. The molecule has 5 rings (SSSR count). The Morgan fingerprint density at radius 2 is 2.26 bits per heavy atom. The lowest BCUT2D eigenvalue weighted by atomic mass is 9.82. The van der Waals surface area contributed by atoms with Gasteiger partial charge in [0.2, 0.25) is 0 Å². The molecule has 0 bridgehead atoms. The molecule has 9 nitrogen and oxygen atoms in total. The van der Waals surface area contributed by atoms with Gasteiger partial charge >= 0.3 is 0 Å². The minimum absolute atomic E-state index is 0.0652.